The van der Waals surface area contributed by atoms with Crippen LogP contribution in [0, 0.1) is 5.82 Å². The van der Waals surface area contributed by atoms with Crippen molar-refractivity contribution in [3.63, 3.8) is 0 Å². The molecular formula is C20H14F4N8. The summed E-state index contributed by atoms with van der Waals surface area (Å²) in [6.07, 6.45) is -1.89. The summed E-state index contributed by atoms with van der Waals surface area (Å²) >= 11 is 0. The number of halogens is 4. The van der Waals surface area contributed by atoms with Gasteiger partial charge in [0.15, 0.2) is 22.9 Å². The summed E-state index contributed by atoms with van der Waals surface area (Å²) in [7, 11) is 0. The van der Waals surface area contributed by atoms with Crippen molar-refractivity contribution in [1.82, 2.24) is 34.3 Å². The van der Waals surface area contributed by atoms with Crippen LogP contribution in [0.1, 0.15) is 5.56 Å². The number of benzene rings is 1. The molecule has 0 aliphatic heterocycles. The molecule has 0 radical (unpaired) electrons. The molecule has 1 aromatic carbocycles. The number of fused-ring (bicyclic) bond motifs is 2. The molecule has 0 amide bonds. The molecule has 0 unspecified atom stereocenters. The Hall–Kier alpha value is -4.09. The molecule has 0 fully saturated rings. The van der Waals surface area contributed by atoms with Crippen molar-refractivity contribution in [3.8, 4) is 11.5 Å². The third kappa shape index (κ3) is 3.49. The van der Waals surface area contributed by atoms with Crippen LogP contribution in [-0.4, -0.2) is 40.5 Å². The quantitative estimate of drug-likeness (QED) is 0.427. The molecule has 0 bridgehead atoms. The summed E-state index contributed by atoms with van der Waals surface area (Å²) in [6.45, 7) is -1.19. The smallest absolute Gasteiger partial charge is 0.382 e. The summed E-state index contributed by atoms with van der Waals surface area (Å²) in [6, 6.07) is 9.66. The van der Waals surface area contributed by atoms with Gasteiger partial charge >= 0.3 is 6.18 Å². The van der Waals surface area contributed by atoms with Gasteiger partial charge in [-0.3, -0.25) is 0 Å². The van der Waals surface area contributed by atoms with E-state index in [-0.39, 0.29) is 35.0 Å². The number of alkyl halides is 3. The number of rotatable bonds is 4. The normalized spacial score (nSPS) is 12.1. The molecule has 162 valence electrons. The molecule has 5 rings (SSSR count). The number of nitrogens with two attached hydrogens (primary N) is 1. The Bertz CT molecular complexity index is 1450. The predicted octanol–water partition coefficient (Wildman–Crippen LogP) is 3.57. The first-order valence-corrected chi connectivity index (χ1v) is 9.40. The topological polar surface area (TPSA) is 100 Å². The predicted molar refractivity (Wildman–Crippen MR) is 108 cm³/mol. The lowest BCUT2D eigenvalue weighted by molar-refractivity contribution is -0.140. The van der Waals surface area contributed by atoms with Gasteiger partial charge in [0.1, 0.15) is 23.6 Å². The van der Waals surface area contributed by atoms with E-state index in [9.17, 15) is 17.6 Å². The second-order valence-corrected chi connectivity index (χ2v) is 7.06. The van der Waals surface area contributed by atoms with Gasteiger partial charge in [0, 0.05) is 11.8 Å². The lowest BCUT2D eigenvalue weighted by atomic mass is 10.2. The maximum atomic E-state index is 14.2. The standard InChI is InChI=1S/C20H14F4N8/c21-13-6-2-1-4-11(13)8-32-18-12(5-3-7-26-18)14(30-32)17-28-16(25)15-19(29-17)31(10-27-15)9-20(22,23)24/h1-7,10H,8-9H2,(H2,25,28,29). The van der Waals surface area contributed by atoms with Gasteiger partial charge in [0.25, 0.3) is 0 Å². The highest BCUT2D eigenvalue weighted by molar-refractivity contribution is 5.91. The van der Waals surface area contributed by atoms with Crippen LogP contribution in [0.5, 0.6) is 0 Å². The number of imidazole rings is 1. The first-order valence-electron chi connectivity index (χ1n) is 9.40. The van der Waals surface area contributed by atoms with Gasteiger partial charge in [-0.15, -0.1) is 0 Å². The van der Waals surface area contributed by atoms with E-state index in [0.717, 1.165) is 10.9 Å². The highest BCUT2D eigenvalue weighted by Gasteiger charge is 2.29. The van der Waals surface area contributed by atoms with Gasteiger partial charge < -0.3 is 10.3 Å². The van der Waals surface area contributed by atoms with Gasteiger partial charge in [-0.2, -0.15) is 18.3 Å². The average molecular weight is 442 g/mol. The van der Waals surface area contributed by atoms with Crippen LogP contribution in [0.25, 0.3) is 33.7 Å². The van der Waals surface area contributed by atoms with E-state index < -0.39 is 18.5 Å². The Balaban J connectivity index is 1.66. The van der Waals surface area contributed by atoms with Crippen LogP contribution in [-0.2, 0) is 13.1 Å². The maximum Gasteiger partial charge on any atom is 0.406 e. The number of hydrogen-bond acceptors (Lipinski definition) is 6. The fourth-order valence-electron chi connectivity index (χ4n) is 3.45. The van der Waals surface area contributed by atoms with Crippen molar-refractivity contribution < 1.29 is 17.6 Å². The highest BCUT2D eigenvalue weighted by Crippen LogP contribution is 2.29. The molecule has 0 spiro atoms. The van der Waals surface area contributed by atoms with E-state index in [1.807, 2.05) is 0 Å². The molecule has 2 N–H and O–H groups in total. The summed E-state index contributed by atoms with van der Waals surface area (Å²) < 4.78 is 55.3. The third-order valence-electron chi connectivity index (χ3n) is 4.84. The molecule has 0 aliphatic rings. The molecule has 8 nitrogen and oxygen atoms in total. The van der Waals surface area contributed by atoms with Crippen molar-refractivity contribution in [2.75, 3.05) is 5.73 Å². The van der Waals surface area contributed by atoms with Crippen LogP contribution in [0.2, 0.25) is 0 Å². The molecule has 4 aromatic heterocycles. The Morgan fingerprint density at radius 2 is 1.78 bits per heavy atom. The Morgan fingerprint density at radius 1 is 0.969 bits per heavy atom. The summed E-state index contributed by atoms with van der Waals surface area (Å²) in [5, 5.41) is 5.03. The molecule has 0 saturated heterocycles. The lowest BCUT2D eigenvalue weighted by Gasteiger charge is -2.08. The van der Waals surface area contributed by atoms with Crippen LogP contribution >= 0.6 is 0 Å². The van der Waals surface area contributed by atoms with E-state index in [1.165, 1.54) is 10.7 Å². The van der Waals surface area contributed by atoms with Crippen molar-refractivity contribution in [2.45, 2.75) is 19.3 Å². The molecule has 4 heterocycles. The van der Waals surface area contributed by atoms with Crippen molar-refractivity contribution in [1.29, 1.82) is 0 Å². The molecule has 0 aliphatic carbocycles. The zero-order chi connectivity index (χ0) is 22.5. The van der Waals surface area contributed by atoms with Gasteiger partial charge in [-0.1, -0.05) is 18.2 Å². The summed E-state index contributed by atoms with van der Waals surface area (Å²) in [5.74, 6) is -0.456. The minimum Gasteiger partial charge on any atom is -0.382 e. The Morgan fingerprint density at radius 3 is 2.56 bits per heavy atom. The van der Waals surface area contributed by atoms with E-state index in [1.54, 1.807) is 36.5 Å². The summed E-state index contributed by atoms with van der Waals surface area (Å²) in [4.78, 5) is 16.7. The first-order chi connectivity index (χ1) is 15.3. The molecule has 32 heavy (non-hydrogen) atoms. The molecule has 0 atom stereocenters. The number of aromatic nitrogens is 7. The number of hydrogen-bond donors (Lipinski definition) is 1. The van der Waals surface area contributed by atoms with E-state index >= 15 is 0 Å². The lowest BCUT2D eigenvalue weighted by Crippen LogP contribution is -2.17. The number of pyridine rings is 1. The zero-order valence-electron chi connectivity index (χ0n) is 16.3. The fourth-order valence-corrected chi connectivity index (χ4v) is 3.45. The Kier molecular flexibility index (Phi) is 4.50. The average Bonchev–Trinajstić information content (AvgIpc) is 3.31. The van der Waals surface area contributed by atoms with Gasteiger partial charge in [-0.25, -0.2) is 29.0 Å². The number of anilines is 1. The molecular weight excluding hydrogens is 428 g/mol. The van der Waals surface area contributed by atoms with E-state index in [0.29, 0.717) is 16.6 Å². The van der Waals surface area contributed by atoms with Crippen LogP contribution in [0.3, 0.4) is 0 Å². The van der Waals surface area contributed by atoms with Gasteiger partial charge in [0.2, 0.25) is 0 Å². The van der Waals surface area contributed by atoms with Crippen LogP contribution in [0.15, 0.2) is 48.9 Å². The number of nitrogen functional groups attached to an aromatic ring is 1. The van der Waals surface area contributed by atoms with E-state index in [4.69, 9.17) is 5.73 Å². The number of nitrogens with zero attached hydrogens (tertiary/aromatic N) is 7. The molecule has 0 saturated carbocycles. The van der Waals surface area contributed by atoms with Gasteiger partial charge in [0.05, 0.1) is 18.3 Å². The monoisotopic (exact) mass is 442 g/mol. The Labute approximate surface area is 177 Å². The highest BCUT2D eigenvalue weighted by atomic mass is 19.4. The second-order valence-electron chi connectivity index (χ2n) is 7.06. The second kappa shape index (κ2) is 7.25. The van der Waals surface area contributed by atoms with Gasteiger partial charge in [-0.05, 0) is 18.2 Å². The largest absolute Gasteiger partial charge is 0.406 e. The maximum absolute atomic E-state index is 14.2. The SMILES string of the molecule is Nc1nc(-c2nn(Cc3ccccc3F)c3ncccc23)nc2c1ncn2CC(F)(F)F. The molecule has 12 heteroatoms. The van der Waals surface area contributed by atoms with Crippen LogP contribution in [0.4, 0.5) is 23.4 Å². The zero-order valence-corrected chi connectivity index (χ0v) is 16.3. The summed E-state index contributed by atoms with van der Waals surface area (Å²) in [5.41, 5.74) is 7.05. The molecule has 5 aromatic rings. The minimum absolute atomic E-state index is 0.0178. The first kappa shape index (κ1) is 19.8. The fraction of sp³-hybridized carbons (Fsp3) is 0.150. The third-order valence-corrected chi connectivity index (χ3v) is 4.84. The van der Waals surface area contributed by atoms with E-state index in [2.05, 4.69) is 25.0 Å². The van der Waals surface area contributed by atoms with Crippen molar-refractivity contribution >= 4 is 28.0 Å². The van der Waals surface area contributed by atoms with Crippen molar-refractivity contribution in [2.24, 2.45) is 0 Å². The minimum atomic E-state index is -4.47. The van der Waals surface area contributed by atoms with Crippen molar-refractivity contribution in [3.05, 3.63) is 60.3 Å². The van der Waals surface area contributed by atoms with Crippen LogP contribution < -0.4 is 5.73 Å².